The third-order valence-electron chi connectivity index (χ3n) is 4.82. The van der Waals surface area contributed by atoms with Crippen LogP contribution in [0.2, 0.25) is 4.34 Å². The molecule has 1 atom stereocenters. The van der Waals surface area contributed by atoms with E-state index in [9.17, 15) is 4.79 Å². The highest BCUT2D eigenvalue weighted by Crippen LogP contribution is 2.30. The number of benzene rings is 1. The minimum atomic E-state index is -0.293. The van der Waals surface area contributed by atoms with E-state index < -0.39 is 0 Å². The molecule has 0 bridgehead atoms. The number of likely N-dealkylation sites (N-methyl/N-ethyl adjacent to an activating group) is 1. The van der Waals surface area contributed by atoms with E-state index in [-0.39, 0.29) is 12.0 Å². The average Bonchev–Trinajstić information content (AvgIpc) is 3.47. The van der Waals surface area contributed by atoms with E-state index in [4.69, 9.17) is 21.2 Å². The number of thiophene rings is 1. The molecule has 7 nitrogen and oxygen atoms in total. The lowest BCUT2D eigenvalue weighted by atomic mass is 10.1. The topological polar surface area (TPSA) is 75.2 Å². The van der Waals surface area contributed by atoms with Crippen molar-refractivity contribution in [3.05, 3.63) is 56.7 Å². The lowest BCUT2D eigenvalue weighted by molar-refractivity contribution is 0.0498. The quantitative estimate of drug-likeness (QED) is 0.683. The normalized spacial score (nSPS) is 18.1. The number of carbonyl (C=O) groups is 1. The van der Waals surface area contributed by atoms with Gasteiger partial charge in [-0.25, -0.2) is 0 Å². The number of ether oxygens (including phenoxy) is 1. The molecular weight excluding hydrogens is 424 g/mol. The van der Waals surface area contributed by atoms with Gasteiger partial charge in [0.15, 0.2) is 0 Å². The number of hydrogen-bond acceptors (Lipinski definition) is 7. The largest absolute Gasteiger partial charge is 0.493 e. The molecule has 2 aromatic rings. The number of hydroxylamine groups is 1. The first-order chi connectivity index (χ1) is 14.5. The molecule has 2 aliphatic rings. The number of amidine groups is 1. The summed E-state index contributed by atoms with van der Waals surface area (Å²) in [7, 11) is 2.04. The first-order valence-electron chi connectivity index (χ1n) is 9.75. The van der Waals surface area contributed by atoms with Crippen molar-refractivity contribution in [2.75, 3.05) is 33.3 Å². The molecule has 0 saturated heterocycles. The number of amides is 1. The highest BCUT2D eigenvalue weighted by atomic mass is 35.5. The maximum Gasteiger partial charge on any atom is 0.261 e. The second-order valence-electron chi connectivity index (χ2n) is 6.92. The predicted molar refractivity (Wildman–Crippen MR) is 119 cm³/mol. The lowest BCUT2D eigenvalue weighted by Crippen LogP contribution is -2.31. The van der Waals surface area contributed by atoms with Crippen LogP contribution >= 0.6 is 22.9 Å². The molecule has 0 spiro atoms. The summed E-state index contributed by atoms with van der Waals surface area (Å²) in [6, 6.07) is 9.47. The fourth-order valence-electron chi connectivity index (χ4n) is 3.36. The Kier molecular flexibility index (Phi) is 6.26. The molecule has 0 fully saturated rings. The van der Waals surface area contributed by atoms with Crippen molar-refractivity contribution in [1.82, 2.24) is 15.7 Å². The predicted octanol–water partition coefficient (Wildman–Crippen LogP) is 3.17. The van der Waals surface area contributed by atoms with Crippen LogP contribution < -0.4 is 15.5 Å². The number of nitrogens with zero attached hydrogens (tertiary/aromatic N) is 2. The summed E-state index contributed by atoms with van der Waals surface area (Å²) in [4.78, 5) is 25.1. The van der Waals surface area contributed by atoms with Crippen LogP contribution in [0.4, 0.5) is 0 Å². The third-order valence-corrected chi connectivity index (χ3v) is 6.05. The van der Waals surface area contributed by atoms with Crippen molar-refractivity contribution in [1.29, 1.82) is 0 Å². The molecule has 30 heavy (non-hydrogen) atoms. The Morgan fingerprint density at radius 1 is 1.43 bits per heavy atom. The molecule has 1 amide bonds. The van der Waals surface area contributed by atoms with Gasteiger partial charge in [-0.2, -0.15) is 0 Å². The smallest absolute Gasteiger partial charge is 0.261 e. The molecule has 1 aromatic carbocycles. The lowest BCUT2D eigenvalue weighted by Gasteiger charge is -2.17. The van der Waals surface area contributed by atoms with E-state index in [1.54, 1.807) is 12.1 Å². The van der Waals surface area contributed by atoms with Crippen LogP contribution in [-0.4, -0.2) is 56.0 Å². The summed E-state index contributed by atoms with van der Waals surface area (Å²) in [6.07, 6.45) is 1.65. The second kappa shape index (κ2) is 9.07. The zero-order valence-electron chi connectivity index (χ0n) is 16.8. The molecule has 2 aliphatic heterocycles. The van der Waals surface area contributed by atoms with Crippen molar-refractivity contribution in [2.24, 2.45) is 4.99 Å². The van der Waals surface area contributed by atoms with E-state index in [0.29, 0.717) is 22.4 Å². The summed E-state index contributed by atoms with van der Waals surface area (Å²) in [5, 5.41) is 2.87. The van der Waals surface area contributed by atoms with Crippen molar-refractivity contribution in [2.45, 2.75) is 13.0 Å². The molecule has 158 valence electrons. The molecule has 0 unspecified atom stereocenters. The Hall–Kier alpha value is -2.55. The summed E-state index contributed by atoms with van der Waals surface area (Å²) in [5.41, 5.74) is 5.70. The van der Waals surface area contributed by atoms with Crippen molar-refractivity contribution < 1.29 is 14.4 Å². The zero-order chi connectivity index (χ0) is 21.1. The SMILES string of the molecule is CCOc1cc(C2=NCCN2C)ccc1C1=C[C@@H](CNC(=O)c2ccc(Cl)s2)ON1. The minimum Gasteiger partial charge on any atom is -0.493 e. The molecule has 9 heteroatoms. The molecule has 0 aliphatic carbocycles. The summed E-state index contributed by atoms with van der Waals surface area (Å²) in [6.45, 7) is 4.58. The molecule has 1 aromatic heterocycles. The fraction of sp³-hybridized carbons (Fsp3) is 0.333. The van der Waals surface area contributed by atoms with E-state index >= 15 is 0 Å². The Bertz CT molecular complexity index is 1000. The van der Waals surface area contributed by atoms with E-state index in [1.165, 1.54) is 11.3 Å². The van der Waals surface area contributed by atoms with E-state index in [2.05, 4.69) is 20.7 Å². The maximum absolute atomic E-state index is 12.2. The van der Waals surface area contributed by atoms with Crippen LogP contribution in [0.1, 0.15) is 27.7 Å². The summed E-state index contributed by atoms with van der Waals surface area (Å²) < 4.78 is 6.47. The van der Waals surface area contributed by atoms with Gasteiger partial charge in [-0.1, -0.05) is 17.7 Å². The monoisotopic (exact) mass is 446 g/mol. The Morgan fingerprint density at radius 3 is 3.00 bits per heavy atom. The molecule has 3 heterocycles. The van der Waals surface area contributed by atoms with Crippen LogP contribution in [0.15, 0.2) is 41.4 Å². The highest BCUT2D eigenvalue weighted by molar-refractivity contribution is 7.18. The second-order valence-corrected chi connectivity index (χ2v) is 8.64. The van der Waals surface area contributed by atoms with Gasteiger partial charge in [0.1, 0.15) is 17.7 Å². The molecular formula is C21H23ClN4O3S. The van der Waals surface area contributed by atoms with Gasteiger partial charge in [0.2, 0.25) is 0 Å². The Balaban J connectivity index is 1.47. The summed E-state index contributed by atoms with van der Waals surface area (Å²) >= 11 is 7.14. The van der Waals surface area contributed by atoms with Crippen LogP contribution in [-0.2, 0) is 4.84 Å². The Labute approximate surface area is 184 Å². The number of rotatable bonds is 7. The zero-order valence-corrected chi connectivity index (χ0v) is 18.3. The maximum atomic E-state index is 12.2. The van der Waals surface area contributed by atoms with Gasteiger partial charge in [-0.3, -0.25) is 20.1 Å². The third kappa shape index (κ3) is 4.45. The van der Waals surface area contributed by atoms with Gasteiger partial charge in [0, 0.05) is 24.7 Å². The van der Waals surface area contributed by atoms with Gasteiger partial charge < -0.3 is 15.0 Å². The number of halogens is 1. The highest BCUT2D eigenvalue weighted by Gasteiger charge is 2.23. The molecule has 4 rings (SSSR count). The number of hydrogen-bond donors (Lipinski definition) is 2. The van der Waals surface area contributed by atoms with Crippen LogP contribution in [0.25, 0.3) is 5.70 Å². The van der Waals surface area contributed by atoms with Crippen molar-refractivity contribution in [3.8, 4) is 5.75 Å². The van der Waals surface area contributed by atoms with Gasteiger partial charge >= 0.3 is 0 Å². The number of nitrogens with one attached hydrogen (secondary N) is 2. The number of carbonyl (C=O) groups excluding carboxylic acids is 1. The van der Waals surface area contributed by atoms with Gasteiger partial charge in [0.05, 0.1) is 34.6 Å². The first-order valence-corrected chi connectivity index (χ1v) is 10.9. The molecule has 2 N–H and O–H groups in total. The Morgan fingerprint density at radius 2 is 2.30 bits per heavy atom. The van der Waals surface area contributed by atoms with Crippen LogP contribution in [0.5, 0.6) is 5.75 Å². The fourth-order valence-corrected chi connectivity index (χ4v) is 4.32. The summed E-state index contributed by atoms with van der Waals surface area (Å²) in [5.74, 6) is 1.57. The number of aliphatic imine (C=N–C) groups is 1. The van der Waals surface area contributed by atoms with Crippen molar-refractivity contribution >= 4 is 40.4 Å². The van der Waals surface area contributed by atoms with Crippen LogP contribution in [0, 0.1) is 0 Å². The first kappa shape index (κ1) is 20.7. The van der Waals surface area contributed by atoms with Gasteiger partial charge in [0.25, 0.3) is 5.91 Å². The van der Waals surface area contributed by atoms with Crippen molar-refractivity contribution in [3.63, 3.8) is 0 Å². The van der Waals surface area contributed by atoms with E-state index in [0.717, 1.165) is 41.5 Å². The van der Waals surface area contributed by atoms with Gasteiger partial charge in [-0.05, 0) is 37.3 Å². The molecule has 0 saturated carbocycles. The van der Waals surface area contributed by atoms with Gasteiger partial charge in [-0.15, -0.1) is 11.3 Å². The minimum absolute atomic E-state index is 0.168. The average molecular weight is 447 g/mol. The van der Waals surface area contributed by atoms with Crippen LogP contribution in [0.3, 0.4) is 0 Å². The standard InChI is InChI=1S/C21H23ClN4O3S/c1-3-28-17-10-13(20-23-8-9-26(20)2)4-5-15(17)16-11-14(29-25-16)12-24-21(27)18-6-7-19(22)30-18/h4-7,10-11,14,25H,3,8-9,12H2,1-2H3,(H,24,27)/t14-/m0/s1. The molecule has 0 radical (unpaired) electrons. The van der Waals surface area contributed by atoms with E-state index in [1.807, 2.05) is 38.2 Å².